The molecule has 0 saturated heterocycles. The van der Waals surface area contributed by atoms with Crippen LogP contribution in [0.2, 0.25) is 5.02 Å². The van der Waals surface area contributed by atoms with Gasteiger partial charge in [-0.25, -0.2) is 0 Å². The van der Waals surface area contributed by atoms with Crippen LogP contribution in [0.4, 0.5) is 0 Å². The molecule has 20 heavy (non-hydrogen) atoms. The van der Waals surface area contributed by atoms with Crippen molar-refractivity contribution in [3.63, 3.8) is 0 Å². The Morgan fingerprint density at radius 1 is 1.15 bits per heavy atom. The van der Waals surface area contributed by atoms with Crippen LogP contribution in [0.15, 0.2) is 30.5 Å². The summed E-state index contributed by atoms with van der Waals surface area (Å²) >= 11 is 5.89. The maximum absolute atomic E-state index is 11.9. The van der Waals surface area contributed by atoms with Crippen LogP contribution in [-0.4, -0.2) is 21.6 Å². The Bertz CT molecular complexity index is 666. The van der Waals surface area contributed by atoms with Gasteiger partial charge in [-0.1, -0.05) is 23.7 Å². The van der Waals surface area contributed by atoms with Crippen molar-refractivity contribution < 1.29 is 9.59 Å². The third kappa shape index (κ3) is 2.80. The molecule has 0 atom stereocenters. The van der Waals surface area contributed by atoms with Gasteiger partial charge in [0.2, 0.25) is 0 Å². The molecule has 104 valence electrons. The van der Waals surface area contributed by atoms with Gasteiger partial charge in [-0.2, -0.15) is 5.10 Å². The summed E-state index contributed by atoms with van der Waals surface area (Å²) in [7, 11) is 1.73. The summed E-state index contributed by atoms with van der Waals surface area (Å²) in [5.74, 6) is -0.915. The molecule has 1 aromatic carbocycles. The fourth-order valence-electron chi connectivity index (χ4n) is 1.62. The molecule has 2 rings (SSSR count). The molecule has 0 saturated carbocycles. The van der Waals surface area contributed by atoms with Crippen LogP contribution in [0.1, 0.15) is 26.4 Å². The number of benzene rings is 1. The Balaban J connectivity index is 2.02. The van der Waals surface area contributed by atoms with Gasteiger partial charge in [0, 0.05) is 12.7 Å². The minimum Gasteiger partial charge on any atom is -0.272 e. The van der Waals surface area contributed by atoms with Gasteiger partial charge >= 0.3 is 0 Å². The second kappa shape index (κ2) is 5.75. The maximum Gasteiger partial charge on any atom is 0.273 e. The quantitative estimate of drug-likeness (QED) is 0.823. The van der Waals surface area contributed by atoms with E-state index in [0.717, 1.165) is 0 Å². The molecule has 0 aliphatic heterocycles. The number of amides is 2. The van der Waals surface area contributed by atoms with Crippen molar-refractivity contribution in [1.82, 2.24) is 20.6 Å². The maximum atomic E-state index is 11.9. The minimum absolute atomic E-state index is 0.289. The number of nitrogens with one attached hydrogen (secondary N) is 2. The Morgan fingerprint density at radius 2 is 1.75 bits per heavy atom. The van der Waals surface area contributed by atoms with Crippen molar-refractivity contribution in [2.45, 2.75) is 6.92 Å². The summed E-state index contributed by atoms with van der Waals surface area (Å²) in [5.41, 5.74) is 6.03. The van der Waals surface area contributed by atoms with E-state index in [1.54, 1.807) is 42.9 Å². The summed E-state index contributed by atoms with van der Waals surface area (Å²) < 4.78 is 1.57. The lowest BCUT2D eigenvalue weighted by molar-refractivity contribution is 0.0846. The Morgan fingerprint density at radius 3 is 2.30 bits per heavy atom. The van der Waals surface area contributed by atoms with Gasteiger partial charge in [0.1, 0.15) is 0 Å². The number of hydrazine groups is 1. The highest BCUT2D eigenvalue weighted by atomic mass is 35.5. The van der Waals surface area contributed by atoms with Crippen molar-refractivity contribution in [2.24, 2.45) is 7.05 Å². The smallest absolute Gasteiger partial charge is 0.272 e. The number of aryl methyl sites for hydroxylation is 1. The zero-order valence-corrected chi connectivity index (χ0v) is 11.7. The van der Waals surface area contributed by atoms with E-state index in [0.29, 0.717) is 16.3 Å². The first-order chi connectivity index (χ1) is 9.50. The van der Waals surface area contributed by atoms with Crippen LogP contribution in [0.3, 0.4) is 0 Å². The van der Waals surface area contributed by atoms with Crippen LogP contribution in [-0.2, 0) is 7.05 Å². The first kappa shape index (κ1) is 14.1. The number of halogens is 1. The lowest BCUT2D eigenvalue weighted by Gasteiger charge is -2.08. The van der Waals surface area contributed by atoms with E-state index in [-0.39, 0.29) is 5.56 Å². The molecule has 0 spiro atoms. The molecule has 0 fully saturated rings. The van der Waals surface area contributed by atoms with Gasteiger partial charge < -0.3 is 0 Å². The number of nitrogens with zero attached hydrogens (tertiary/aromatic N) is 2. The molecule has 0 aliphatic carbocycles. The van der Waals surface area contributed by atoms with E-state index in [4.69, 9.17) is 11.6 Å². The molecule has 2 N–H and O–H groups in total. The molecule has 1 aromatic heterocycles. The molecular formula is C13H13ClN4O2. The molecule has 2 aromatic rings. The summed E-state index contributed by atoms with van der Waals surface area (Å²) in [6.07, 6.45) is 1.44. The average Bonchev–Trinajstić information content (AvgIpc) is 2.76. The monoisotopic (exact) mass is 292 g/mol. The number of carbonyl (C=O) groups is 2. The van der Waals surface area contributed by atoms with Crippen molar-refractivity contribution in [1.29, 1.82) is 0 Å². The average molecular weight is 293 g/mol. The largest absolute Gasteiger partial charge is 0.273 e. The predicted molar refractivity (Wildman–Crippen MR) is 74.3 cm³/mol. The molecule has 6 nitrogen and oxygen atoms in total. The fourth-order valence-corrected chi connectivity index (χ4v) is 1.84. The van der Waals surface area contributed by atoms with Gasteiger partial charge in [-0.3, -0.25) is 25.1 Å². The van der Waals surface area contributed by atoms with Crippen LogP contribution in [0.25, 0.3) is 0 Å². The van der Waals surface area contributed by atoms with Gasteiger partial charge in [0.05, 0.1) is 22.3 Å². The Kier molecular flexibility index (Phi) is 4.05. The highest BCUT2D eigenvalue weighted by Gasteiger charge is 2.14. The topological polar surface area (TPSA) is 76.0 Å². The predicted octanol–water partition coefficient (Wildman–Crippen LogP) is 1.46. The fraction of sp³-hybridized carbons (Fsp3) is 0.154. The Hall–Kier alpha value is -2.34. The standard InChI is InChI=1S/C13H13ClN4O2/c1-8-10(7-15-18(8)2)13(20)17-16-12(19)9-5-3-4-6-11(9)14/h3-7H,1-2H3,(H,16,19)(H,17,20). The molecular weight excluding hydrogens is 280 g/mol. The first-order valence-corrected chi connectivity index (χ1v) is 6.22. The van der Waals surface area contributed by atoms with Crippen molar-refractivity contribution in [3.05, 3.63) is 52.3 Å². The van der Waals surface area contributed by atoms with Crippen molar-refractivity contribution in [2.75, 3.05) is 0 Å². The summed E-state index contributed by atoms with van der Waals surface area (Å²) in [4.78, 5) is 23.7. The zero-order chi connectivity index (χ0) is 14.7. The second-order valence-electron chi connectivity index (χ2n) is 4.16. The summed E-state index contributed by atoms with van der Waals surface area (Å²) in [5, 5.41) is 4.28. The van der Waals surface area contributed by atoms with E-state index in [1.807, 2.05) is 0 Å². The number of aromatic nitrogens is 2. The van der Waals surface area contributed by atoms with Crippen molar-refractivity contribution in [3.8, 4) is 0 Å². The highest BCUT2D eigenvalue weighted by molar-refractivity contribution is 6.33. The SMILES string of the molecule is Cc1c(C(=O)NNC(=O)c2ccccc2Cl)cnn1C. The highest BCUT2D eigenvalue weighted by Crippen LogP contribution is 2.14. The molecule has 1 heterocycles. The van der Waals surface area contributed by atoms with E-state index in [9.17, 15) is 9.59 Å². The van der Waals surface area contributed by atoms with Gasteiger partial charge in [0.25, 0.3) is 11.8 Å². The molecule has 0 aliphatic rings. The molecule has 7 heteroatoms. The lowest BCUT2D eigenvalue weighted by atomic mass is 10.2. The van der Waals surface area contributed by atoms with E-state index in [2.05, 4.69) is 16.0 Å². The van der Waals surface area contributed by atoms with Gasteiger partial charge in [-0.05, 0) is 19.1 Å². The summed E-state index contributed by atoms with van der Waals surface area (Å²) in [6.45, 7) is 1.76. The lowest BCUT2D eigenvalue weighted by Crippen LogP contribution is -2.41. The van der Waals surface area contributed by atoms with E-state index in [1.165, 1.54) is 6.20 Å². The number of rotatable bonds is 2. The van der Waals surface area contributed by atoms with Crippen LogP contribution in [0, 0.1) is 6.92 Å². The summed E-state index contributed by atoms with van der Waals surface area (Å²) in [6, 6.07) is 6.58. The third-order valence-corrected chi connectivity index (χ3v) is 3.22. The molecule has 0 radical (unpaired) electrons. The van der Waals surface area contributed by atoms with Gasteiger partial charge in [-0.15, -0.1) is 0 Å². The van der Waals surface area contributed by atoms with Crippen LogP contribution >= 0.6 is 11.6 Å². The number of carbonyl (C=O) groups excluding carboxylic acids is 2. The normalized spacial score (nSPS) is 10.2. The van der Waals surface area contributed by atoms with E-state index < -0.39 is 11.8 Å². The minimum atomic E-state index is -0.481. The molecule has 2 amide bonds. The number of hydrogen-bond donors (Lipinski definition) is 2. The van der Waals surface area contributed by atoms with Crippen molar-refractivity contribution >= 4 is 23.4 Å². The third-order valence-electron chi connectivity index (χ3n) is 2.89. The molecule has 0 bridgehead atoms. The Labute approximate surface area is 120 Å². The van der Waals surface area contributed by atoms with Crippen LogP contribution < -0.4 is 10.9 Å². The zero-order valence-electron chi connectivity index (χ0n) is 11.0. The van der Waals surface area contributed by atoms with Crippen LogP contribution in [0.5, 0.6) is 0 Å². The molecule has 0 unspecified atom stereocenters. The second-order valence-corrected chi connectivity index (χ2v) is 4.56. The number of hydrogen-bond acceptors (Lipinski definition) is 3. The van der Waals surface area contributed by atoms with E-state index >= 15 is 0 Å². The first-order valence-electron chi connectivity index (χ1n) is 5.84. The van der Waals surface area contributed by atoms with Gasteiger partial charge in [0.15, 0.2) is 0 Å².